The van der Waals surface area contributed by atoms with Crippen molar-refractivity contribution < 1.29 is 22.7 Å². The number of carbonyl (C=O) groups is 1. The largest absolute Gasteiger partial charge is 0.573 e. The van der Waals surface area contributed by atoms with Gasteiger partial charge in [0.25, 0.3) is 0 Å². The van der Waals surface area contributed by atoms with Crippen LogP contribution in [-0.2, 0) is 11.2 Å². The first kappa shape index (κ1) is 18.3. The molecule has 0 saturated heterocycles. The van der Waals surface area contributed by atoms with Gasteiger partial charge in [0.1, 0.15) is 5.75 Å². The number of fused-ring (bicyclic) bond motifs is 1. The Morgan fingerprint density at radius 1 is 1.19 bits per heavy atom. The van der Waals surface area contributed by atoms with E-state index in [-0.39, 0.29) is 24.2 Å². The Balaban J connectivity index is 1.56. The molecule has 2 aromatic rings. The highest BCUT2D eigenvalue weighted by Gasteiger charge is 2.31. The van der Waals surface area contributed by atoms with Crippen molar-refractivity contribution in [3.05, 3.63) is 59.7 Å². The monoisotopic (exact) mass is 364 g/mol. The summed E-state index contributed by atoms with van der Waals surface area (Å²) in [6.07, 6.45) is -2.77. The predicted octanol–water partition coefficient (Wildman–Crippen LogP) is 4.14. The number of carbonyl (C=O) groups excluding carboxylic acids is 1. The fraction of sp³-hybridized carbons (Fsp3) is 0.316. The average Bonchev–Trinajstić information content (AvgIpc) is 2.99. The highest BCUT2D eigenvalue weighted by Crippen LogP contribution is 2.34. The zero-order chi connectivity index (χ0) is 18.7. The predicted molar refractivity (Wildman–Crippen MR) is 91.9 cm³/mol. The molecule has 3 rings (SSSR count). The van der Waals surface area contributed by atoms with E-state index in [0.717, 1.165) is 12.8 Å². The van der Waals surface area contributed by atoms with Crippen molar-refractivity contribution >= 4 is 11.6 Å². The van der Waals surface area contributed by atoms with Gasteiger partial charge in [-0.25, -0.2) is 0 Å². The smallest absolute Gasteiger partial charge is 0.406 e. The number of halogens is 3. The van der Waals surface area contributed by atoms with E-state index in [1.807, 2.05) is 24.1 Å². The summed E-state index contributed by atoms with van der Waals surface area (Å²) >= 11 is 0. The van der Waals surface area contributed by atoms with Crippen LogP contribution < -0.4 is 10.1 Å². The lowest BCUT2D eigenvalue weighted by Gasteiger charge is -2.24. The Hall–Kier alpha value is -2.54. The molecule has 1 amide bonds. The Morgan fingerprint density at radius 3 is 2.58 bits per heavy atom. The molecule has 0 aliphatic heterocycles. The van der Waals surface area contributed by atoms with Gasteiger partial charge in [0.15, 0.2) is 0 Å². The molecule has 1 unspecified atom stereocenters. The van der Waals surface area contributed by atoms with Gasteiger partial charge in [0.05, 0.1) is 6.54 Å². The van der Waals surface area contributed by atoms with Crippen LogP contribution in [0.1, 0.15) is 23.6 Å². The second-order valence-corrected chi connectivity index (χ2v) is 6.29. The van der Waals surface area contributed by atoms with E-state index in [0.29, 0.717) is 5.69 Å². The summed E-state index contributed by atoms with van der Waals surface area (Å²) in [4.78, 5) is 14.2. The topological polar surface area (TPSA) is 41.6 Å². The normalized spacial score (nSPS) is 16.4. The SMILES string of the molecule is CN(CC(=O)Nc1ccc(OC(F)(F)F)cc1)C1CCc2ccccc21. The number of aryl methyl sites for hydroxylation is 1. The second-order valence-electron chi connectivity index (χ2n) is 6.29. The maximum absolute atomic E-state index is 12.2. The van der Waals surface area contributed by atoms with E-state index in [1.54, 1.807) is 0 Å². The molecular formula is C19H19F3N2O2. The summed E-state index contributed by atoms with van der Waals surface area (Å²) in [5.74, 6) is -0.545. The zero-order valence-electron chi connectivity index (χ0n) is 14.2. The second kappa shape index (κ2) is 7.37. The minimum atomic E-state index is -4.73. The third-order valence-electron chi connectivity index (χ3n) is 4.40. The molecule has 7 heteroatoms. The molecule has 0 fully saturated rings. The van der Waals surface area contributed by atoms with E-state index in [9.17, 15) is 18.0 Å². The van der Waals surface area contributed by atoms with Crippen LogP contribution >= 0.6 is 0 Å². The molecule has 0 radical (unpaired) electrons. The fourth-order valence-corrected chi connectivity index (χ4v) is 3.27. The average molecular weight is 364 g/mol. The van der Waals surface area contributed by atoms with E-state index in [2.05, 4.69) is 22.2 Å². The summed E-state index contributed by atoms with van der Waals surface area (Å²) in [6.45, 7) is 0.194. The minimum Gasteiger partial charge on any atom is -0.406 e. The summed E-state index contributed by atoms with van der Waals surface area (Å²) < 4.78 is 40.3. The quantitative estimate of drug-likeness (QED) is 0.867. The van der Waals surface area contributed by atoms with Crippen LogP contribution in [0.2, 0.25) is 0 Å². The van der Waals surface area contributed by atoms with Crippen molar-refractivity contribution in [3.8, 4) is 5.75 Å². The van der Waals surface area contributed by atoms with Crippen LogP contribution in [0.4, 0.5) is 18.9 Å². The number of nitrogens with one attached hydrogen (secondary N) is 1. The number of ether oxygens (including phenoxy) is 1. The zero-order valence-corrected chi connectivity index (χ0v) is 14.2. The van der Waals surface area contributed by atoms with Gasteiger partial charge in [-0.15, -0.1) is 13.2 Å². The third-order valence-corrected chi connectivity index (χ3v) is 4.40. The van der Waals surface area contributed by atoms with Crippen LogP contribution in [-0.4, -0.2) is 30.8 Å². The number of benzene rings is 2. The van der Waals surface area contributed by atoms with Crippen LogP contribution in [0, 0.1) is 0 Å². The molecule has 1 aliphatic rings. The molecule has 1 aliphatic carbocycles. The molecule has 138 valence electrons. The third kappa shape index (κ3) is 4.54. The number of alkyl halides is 3. The molecular weight excluding hydrogens is 345 g/mol. The molecule has 0 aromatic heterocycles. The number of rotatable bonds is 5. The maximum atomic E-state index is 12.2. The van der Waals surface area contributed by atoms with Gasteiger partial charge in [-0.2, -0.15) is 0 Å². The molecule has 0 saturated carbocycles. The minimum absolute atomic E-state index is 0.194. The van der Waals surface area contributed by atoms with Gasteiger partial charge in [-0.1, -0.05) is 24.3 Å². The lowest BCUT2D eigenvalue weighted by Crippen LogP contribution is -2.32. The van der Waals surface area contributed by atoms with Crippen LogP contribution in [0.5, 0.6) is 5.75 Å². The first-order valence-electron chi connectivity index (χ1n) is 8.25. The molecule has 0 bridgehead atoms. The first-order chi connectivity index (χ1) is 12.3. The van der Waals surface area contributed by atoms with Crippen LogP contribution in [0.15, 0.2) is 48.5 Å². The van der Waals surface area contributed by atoms with Crippen molar-refractivity contribution in [3.63, 3.8) is 0 Å². The summed E-state index contributed by atoms with van der Waals surface area (Å²) in [6, 6.07) is 13.5. The van der Waals surface area contributed by atoms with Crippen molar-refractivity contribution in [1.29, 1.82) is 0 Å². The standard InChI is InChI=1S/C19H19F3N2O2/c1-24(17-11-6-13-4-2-3-5-16(13)17)12-18(25)23-14-7-9-15(10-8-14)26-19(20,21)22/h2-5,7-10,17H,6,11-12H2,1H3,(H,23,25). The van der Waals surface area contributed by atoms with Crippen molar-refractivity contribution in [1.82, 2.24) is 4.90 Å². The van der Waals surface area contributed by atoms with Crippen molar-refractivity contribution in [2.45, 2.75) is 25.2 Å². The lowest BCUT2D eigenvalue weighted by molar-refractivity contribution is -0.274. The molecule has 0 spiro atoms. The molecule has 4 nitrogen and oxygen atoms in total. The summed E-state index contributed by atoms with van der Waals surface area (Å²) in [5.41, 5.74) is 2.98. The molecule has 2 aromatic carbocycles. The molecule has 0 heterocycles. The summed E-state index contributed by atoms with van der Waals surface area (Å²) in [5, 5.41) is 2.69. The van der Waals surface area contributed by atoms with E-state index in [4.69, 9.17) is 0 Å². The molecule has 26 heavy (non-hydrogen) atoms. The number of hydrogen-bond acceptors (Lipinski definition) is 3. The first-order valence-corrected chi connectivity index (χ1v) is 8.25. The fourth-order valence-electron chi connectivity index (χ4n) is 3.27. The van der Waals surface area contributed by atoms with Crippen LogP contribution in [0.25, 0.3) is 0 Å². The Bertz CT molecular complexity index is 775. The number of hydrogen-bond donors (Lipinski definition) is 1. The Kier molecular flexibility index (Phi) is 5.18. The lowest BCUT2D eigenvalue weighted by atomic mass is 10.1. The van der Waals surface area contributed by atoms with Crippen molar-refractivity contribution in [2.75, 3.05) is 18.9 Å². The highest BCUT2D eigenvalue weighted by atomic mass is 19.4. The Morgan fingerprint density at radius 2 is 1.88 bits per heavy atom. The van der Waals surface area contributed by atoms with Crippen molar-refractivity contribution in [2.24, 2.45) is 0 Å². The molecule has 1 N–H and O–H groups in total. The van der Waals surface area contributed by atoms with E-state index < -0.39 is 6.36 Å². The Labute approximate surface area is 149 Å². The number of likely N-dealkylation sites (N-methyl/N-ethyl adjacent to an activating group) is 1. The molecule has 1 atom stereocenters. The number of amides is 1. The van der Waals surface area contributed by atoms with Crippen LogP contribution in [0.3, 0.4) is 0 Å². The van der Waals surface area contributed by atoms with Gasteiger partial charge in [-0.05, 0) is 55.3 Å². The maximum Gasteiger partial charge on any atom is 0.573 e. The summed E-state index contributed by atoms with van der Waals surface area (Å²) in [7, 11) is 1.90. The van der Waals surface area contributed by atoms with E-state index >= 15 is 0 Å². The number of anilines is 1. The van der Waals surface area contributed by atoms with E-state index in [1.165, 1.54) is 35.4 Å². The van der Waals surface area contributed by atoms with Gasteiger partial charge in [-0.3, -0.25) is 9.69 Å². The van der Waals surface area contributed by atoms with Gasteiger partial charge in [0.2, 0.25) is 5.91 Å². The van der Waals surface area contributed by atoms with Gasteiger partial charge < -0.3 is 10.1 Å². The number of nitrogens with zero attached hydrogens (tertiary/aromatic N) is 1. The van der Waals surface area contributed by atoms with Gasteiger partial charge >= 0.3 is 6.36 Å². The van der Waals surface area contributed by atoms with Gasteiger partial charge in [0, 0.05) is 11.7 Å². The highest BCUT2D eigenvalue weighted by molar-refractivity contribution is 5.92.